The first kappa shape index (κ1) is 16.2. The number of rotatable bonds is 5. The number of esters is 1. The maximum absolute atomic E-state index is 11.6. The molecule has 8 heteroatoms. The molecular formula is C15H14N2O6. The van der Waals surface area contributed by atoms with E-state index in [4.69, 9.17) is 4.74 Å². The first-order valence-electron chi connectivity index (χ1n) is 6.66. The first-order valence-corrected chi connectivity index (χ1v) is 6.66. The van der Waals surface area contributed by atoms with Gasteiger partial charge in [0.25, 0.3) is 11.8 Å². The van der Waals surface area contributed by atoms with Crippen molar-refractivity contribution in [2.24, 2.45) is 0 Å². The SMILES string of the molecule is CNC(=O)OCOC(=O)Cc1cccc(N2C(=O)C=CC2=O)c1. The van der Waals surface area contributed by atoms with Crippen LogP contribution in [-0.2, 0) is 30.3 Å². The lowest BCUT2D eigenvalue weighted by Gasteiger charge is -2.14. The van der Waals surface area contributed by atoms with E-state index >= 15 is 0 Å². The Kier molecular flexibility index (Phi) is 5.08. The molecule has 0 radical (unpaired) electrons. The summed E-state index contributed by atoms with van der Waals surface area (Å²) in [5.41, 5.74) is 0.928. The maximum atomic E-state index is 11.6. The number of carbonyl (C=O) groups excluding carboxylic acids is 4. The molecule has 0 saturated heterocycles. The average molecular weight is 318 g/mol. The molecule has 1 aromatic carbocycles. The molecule has 0 spiro atoms. The quantitative estimate of drug-likeness (QED) is 0.482. The lowest BCUT2D eigenvalue weighted by molar-refractivity contribution is -0.151. The Labute approximate surface area is 131 Å². The highest BCUT2D eigenvalue weighted by Crippen LogP contribution is 2.20. The van der Waals surface area contributed by atoms with Crippen molar-refractivity contribution in [1.82, 2.24) is 5.32 Å². The van der Waals surface area contributed by atoms with Crippen LogP contribution in [0, 0.1) is 0 Å². The minimum absolute atomic E-state index is 0.0887. The van der Waals surface area contributed by atoms with Gasteiger partial charge in [0.05, 0.1) is 12.1 Å². The van der Waals surface area contributed by atoms with Gasteiger partial charge in [0, 0.05) is 19.2 Å². The minimum atomic E-state index is -0.710. The van der Waals surface area contributed by atoms with E-state index in [1.165, 1.54) is 19.2 Å². The van der Waals surface area contributed by atoms with Crippen LogP contribution in [0.5, 0.6) is 0 Å². The second-order valence-corrected chi connectivity index (χ2v) is 4.51. The number of amides is 3. The van der Waals surface area contributed by atoms with Gasteiger partial charge in [0.15, 0.2) is 0 Å². The third kappa shape index (κ3) is 4.16. The number of hydrogen-bond acceptors (Lipinski definition) is 6. The lowest BCUT2D eigenvalue weighted by atomic mass is 10.1. The Balaban J connectivity index is 1.95. The van der Waals surface area contributed by atoms with Crippen molar-refractivity contribution >= 4 is 29.6 Å². The Hall–Kier alpha value is -3.16. The van der Waals surface area contributed by atoms with Crippen molar-refractivity contribution in [3.05, 3.63) is 42.0 Å². The van der Waals surface area contributed by atoms with Crippen molar-refractivity contribution in [2.75, 3.05) is 18.7 Å². The molecule has 0 saturated carbocycles. The van der Waals surface area contributed by atoms with Crippen LogP contribution in [0.15, 0.2) is 36.4 Å². The van der Waals surface area contributed by atoms with Crippen molar-refractivity contribution < 1.29 is 28.7 Å². The molecule has 0 atom stereocenters. The third-order valence-corrected chi connectivity index (χ3v) is 2.94. The summed E-state index contributed by atoms with van der Waals surface area (Å²) >= 11 is 0. The molecule has 0 aliphatic carbocycles. The van der Waals surface area contributed by atoms with Gasteiger partial charge in [-0.1, -0.05) is 12.1 Å². The van der Waals surface area contributed by atoms with E-state index in [1.54, 1.807) is 24.3 Å². The van der Waals surface area contributed by atoms with Gasteiger partial charge in [0.2, 0.25) is 6.79 Å². The van der Waals surface area contributed by atoms with Crippen LogP contribution in [-0.4, -0.2) is 37.7 Å². The number of nitrogens with one attached hydrogen (secondary N) is 1. The summed E-state index contributed by atoms with van der Waals surface area (Å²) in [5.74, 6) is -1.48. The molecule has 0 aromatic heterocycles. The van der Waals surface area contributed by atoms with Gasteiger partial charge in [0.1, 0.15) is 0 Å². The molecule has 3 amide bonds. The Morgan fingerprint density at radius 3 is 2.48 bits per heavy atom. The highest BCUT2D eigenvalue weighted by atomic mass is 16.7. The molecular weight excluding hydrogens is 304 g/mol. The average Bonchev–Trinajstić information content (AvgIpc) is 2.86. The summed E-state index contributed by atoms with van der Waals surface area (Å²) in [4.78, 5) is 46.7. The highest BCUT2D eigenvalue weighted by molar-refractivity contribution is 6.28. The van der Waals surface area contributed by atoms with Crippen LogP contribution in [0.4, 0.5) is 10.5 Å². The van der Waals surface area contributed by atoms with Crippen LogP contribution >= 0.6 is 0 Å². The predicted molar refractivity (Wildman–Crippen MR) is 78.3 cm³/mol. The molecule has 1 N–H and O–H groups in total. The molecule has 1 heterocycles. The molecule has 23 heavy (non-hydrogen) atoms. The summed E-state index contributed by atoms with van der Waals surface area (Å²) in [6.07, 6.45) is 1.56. The molecule has 8 nitrogen and oxygen atoms in total. The standard InChI is InChI=1S/C15H14N2O6/c1-16-15(21)23-9-22-14(20)8-10-3-2-4-11(7-10)17-12(18)5-6-13(17)19/h2-7H,8-9H2,1H3,(H,16,21). The van der Waals surface area contributed by atoms with Gasteiger partial charge in [-0.3, -0.25) is 14.4 Å². The molecule has 1 aromatic rings. The van der Waals surface area contributed by atoms with Crippen LogP contribution in [0.25, 0.3) is 0 Å². The van der Waals surface area contributed by atoms with E-state index in [0.717, 1.165) is 4.90 Å². The van der Waals surface area contributed by atoms with E-state index in [9.17, 15) is 19.2 Å². The second kappa shape index (κ2) is 7.21. The molecule has 1 aliphatic heterocycles. The molecule has 0 fully saturated rings. The van der Waals surface area contributed by atoms with Gasteiger partial charge < -0.3 is 14.8 Å². The maximum Gasteiger partial charge on any atom is 0.409 e. The Morgan fingerprint density at radius 2 is 1.83 bits per heavy atom. The summed E-state index contributed by atoms with van der Waals surface area (Å²) in [6.45, 7) is -0.495. The van der Waals surface area contributed by atoms with Crippen molar-refractivity contribution in [3.63, 3.8) is 0 Å². The van der Waals surface area contributed by atoms with Crippen LogP contribution < -0.4 is 10.2 Å². The molecule has 2 rings (SSSR count). The van der Waals surface area contributed by atoms with Crippen molar-refractivity contribution in [2.45, 2.75) is 6.42 Å². The zero-order chi connectivity index (χ0) is 16.8. The molecule has 120 valence electrons. The summed E-state index contributed by atoms with van der Waals surface area (Å²) < 4.78 is 9.28. The summed E-state index contributed by atoms with van der Waals surface area (Å²) in [7, 11) is 1.38. The minimum Gasteiger partial charge on any atom is -0.428 e. The highest BCUT2D eigenvalue weighted by Gasteiger charge is 2.25. The van der Waals surface area contributed by atoms with Crippen molar-refractivity contribution in [3.8, 4) is 0 Å². The monoisotopic (exact) mass is 318 g/mol. The zero-order valence-electron chi connectivity index (χ0n) is 12.3. The van der Waals surface area contributed by atoms with Gasteiger partial charge in [-0.05, 0) is 17.7 Å². The number of anilines is 1. The summed E-state index contributed by atoms with van der Waals surface area (Å²) in [6, 6.07) is 6.41. The van der Waals surface area contributed by atoms with Gasteiger partial charge >= 0.3 is 12.1 Å². The number of imide groups is 1. The topological polar surface area (TPSA) is 102 Å². The Bertz CT molecular complexity index is 664. The molecule has 1 aliphatic rings. The zero-order valence-corrected chi connectivity index (χ0v) is 12.3. The first-order chi connectivity index (χ1) is 11.0. The largest absolute Gasteiger partial charge is 0.428 e. The van der Waals surface area contributed by atoms with Gasteiger partial charge in [-0.2, -0.15) is 0 Å². The Morgan fingerprint density at radius 1 is 1.13 bits per heavy atom. The van der Waals surface area contributed by atoms with Crippen LogP contribution in [0.3, 0.4) is 0 Å². The second-order valence-electron chi connectivity index (χ2n) is 4.51. The fourth-order valence-corrected chi connectivity index (χ4v) is 1.90. The van der Waals surface area contributed by atoms with Gasteiger partial charge in [-0.15, -0.1) is 0 Å². The number of hydrogen-bond donors (Lipinski definition) is 1. The van der Waals surface area contributed by atoms with E-state index in [2.05, 4.69) is 10.1 Å². The van der Waals surface area contributed by atoms with Crippen LogP contribution in [0.2, 0.25) is 0 Å². The van der Waals surface area contributed by atoms with E-state index < -0.39 is 30.7 Å². The van der Waals surface area contributed by atoms with Crippen LogP contribution in [0.1, 0.15) is 5.56 Å². The van der Waals surface area contributed by atoms with E-state index in [1.807, 2.05) is 0 Å². The smallest absolute Gasteiger partial charge is 0.409 e. The lowest BCUT2D eigenvalue weighted by Crippen LogP contribution is -2.29. The number of benzene rings is 1. The number of alkyl carbamates (subject to hydrolysis) is 1. The number of nitrogens with zero attached hydrogens (tertiary/aromatic N) is 1. The normalized spacial score (nSPS) is 13.2. The molecule has 0 unspecified atom stereocenters. The number of carbonyl (C=O) groups is 4. The molecule has 0 bridgehead atoms. The van der Waals surface area contributed by atoms with Gasteiger partial charge in [-0.25, -0.2) is 9.69 Å². The predicted octanol–water partition coefficient (Wildman–Crippen LogP) is 0.515. The number of ether oxygens (including phenoxy) is 2. The van der Waals surface area contributed by atoms with E-state index in [0.29, 0.717) is 11.3 Å². The fourth-order valence-electron chi connectivity index (χ4n) is 1.90. The third-order valence-electron chi connectivity index (χ3n) is 2.94. The fraction of sp³-hybridized carbons (Fsp3) is 0.200. The summed E-state index contributed by atoms with van der Waals surface area (Å²) in [5, 5.41) is 2.21. The van der Waals surface area contributed by atoms with Crippen molar-refractivity contribution in [1.29, 1.82) is 0 Å². The van der Waals surface area contributed by atoms with E-state index in [-0.39, 0.29) is 6.42 Å².